The number of aromatic nitrogens is 1. The number of rotatable bonds is 9. The average molecular weight is 517 g/mol. The van der Waals surface area contributed by atoms with Gasteiger partial charge in [0.1, 0.15) is 5.75 Å². The first kappa shape index (κ1) is 26.7. The van der Waals surface area contributed by atoms with Crippen LogP contribution in [0.2, 0.25) is 10.0 Å². The first-order valence-electron chi connectivity index (χ1n) is 10.3. The lowest BCUT2D eigenvalue weighted by Gasteiger charge is -2.24. The molecule has 0 aliphatic carbocycles. The maximum Gasteiger partial charge on any atom is 0.266 e. The molecule has 0 aliphatic heterocycles. The second-order valence-electron chi connectivity index (χ2n) is 7.29. The molecule has 0 spiro atoms. The van der Waals surface area contributed by atoms with Crippen LogP contribution in [-0.2, 0) is 4.79 Å². The number of amides is 1. The van der Waals surface area contributed by atoms with E-state index in [-0.39, 0.29) is 24.9 Å². The normalized spacial score (nSPS) is 11.0. The van der Waals surface area contributed by atoms with Crippen molar-refractivity contribution in [1.29, 1.82) is 0 Å². The number of hydrogen-bond donors (Lipinski definition) is 0. The van der Waals surface area contributed by atoms with Crippen molar-refractivity contribution in [3.8, 4) is 5.75 Å². The number of ether oxygens (including phenoxy) is 1. The highest BCUT2D eigenvalue weighted by Crippen LogP contribution is 2.32. The van der Waals surface area contributed by atoms with E-state index in [1.807, 2.05) is 0 Å². The molecule has 1 amide bonds. The average Bonchev–Trinajstić information content (AvgIpc) is 3.18. The number of hydrogen-bond acceptors (Lipinski definition) is 5. The van der Waals surface area contributed by atoms with Crippen molar-refractivity contribution in [1.82, 2.24) is 9.88 Å². The van der Waals surface area contributed by atoms with Crippen molar-refractivity contribution in [2.24, 2.45) is 0 Å². The van der Waals surface area contributed by atoms with E-state index in [4.69, 9.17) is 32.9 Å². The van der Waals surface area contributed by atoms with Gasteiger partial charge in [-0.1, -0.05) is 54.5 Å². The molecule has 9 heteroatoms. The van der Waals surface area contributed by atoms with Crippen LogP contribution < -0.4 is 9.64 Å². The van der Waals surface area contributed by atoms with Gasteiger partial charge in [-0.15, -0.1) is 12.4 Å². The minimum absolute atomic E-state index is 0. The Bertz CT molecular complexity index is 1070. The molecule has 0 atom stereocenters. The Morgan fingerprint density at radius 3 is 2.47 bits per heavy atom. The molecule has 1 aromatic heterocycles. The van der Waals surface area contributed by atoms with E-state index in [9.17, 15) is 4.79 Å². The number of fused-ring (bicyclic) bond motifs is 1. The molecule has 0 unspecified atom stereocenters. The summed E-state index contributed by atoms with van der Waals surface area (Å²) < 4.78 is 6.78. The number of nitrogens with zero attached hydrogens (tertiary/aromatic N) is 3. The van der Waals surface area contributed by atoms with E-state index in [1.54, 1.807) is 23.1 Å². The van der Waals surface area contributed by atoms with Crippen LogP contribution in [0.3, 0.4) is 0 Å². The Kier molecular flexibility index (Phi) is 10.0. The van der Waals surface area contributed by atoms with E-state index in [0.717, 1.165) is 35.4 Å². The smallest absolute Gasteiger partial charge is 0.266 e. The topological polar surface area (TPSA) is 45.7 Å². The van der Waals surface area contributed by atoms with Gasteiger partial charge in [0.25, 0.3) is 5.91 Å². The minimum atomic E-state index is -0.161. The fourth-order valence-electron chi connectivity index (χ4n) is 3.25. The molecule has 0 bridgehead atoms. The predicted molar refractivity (Wildman–Crippen MR) is 138 cm³/mol. The maximum atomic E-state index is 13.2. The number of anilines is 1. The predicted octanol–water partition coefficient (Wildman–Crippen LogP) is 6.40. The lowest BCUT2D eigenvalue weighted by molar-refractivity contribution is -0.120. The molecule has 0 saturated carbocycles. The fraction of sp³-hybridized carbons (Fsp3) is 0.391. The molecule has 0 saturated heterocycles. The van der Waals surface area contributed by atoms with Gasteiger partial charge in [0.2, 0.25) is 0 Å². The third-order valence-electron chi connectivity index (χ3n) is 5.38. The molecule has 3 aromatic rings. The van der Waals surface area contributed by atoms with Crippen LogP contribution >= 0.6 is 46.9 Å². The molecule has 2 aromatic carbocycles. The van der Waals surface area contributed by atoms with Gasteiger partial charge in [0.05, 0.1) is 15.2 Å². The first-order valence-corrected chi connectivity index (χ1v) is 11.9. The minimum Gasteiger partial charge on any atom is -0.482 e. The van der Waals surface area contributed by atoms with Crippen molar-refractivity contribution < 1.29 is 9.53 Å². The molecule has 1 heterocycles. The third-order valence-corrected chi connectivity index (χ3v) is 6.96. The highest BCUT2D eigenvalue weighted by atomic mass is 35.5. The second kappa shape index (κ2) is 12.1. The second-order valence-corrected chi connectivity index (χ2v) is 9.14. The molecule has 0 aliphatic rings. The van der Waals surface area contributed by atoms with Crippen LogP contribution in [-0.4, -0.2) is 48.6 Å². The van der Waals surface area contributed by atoms with Gasteiger partial charge in [0.15, 0.2) is 11.7 Å². The molecule has 0 fully saturated rings. The van der Waals surface area contributed by atoms with Crippen LogP contribution in [0.5, 0.6) is 5.75 Å². The number of benzene rings is 2. The van der Waals surface area contributed by atoms with Gasteiger partial charge in [-0.3, -0.25) is 9.69 Å². The number of carbonyl (C=O) groups excluding carboxylic acids is 1. The maximum absolute atomic E-state index is 13.2. The summed E-state index contributed by atoms with van der Waals surface area (Å²) in [6, 6.07) is 9.11. The molecular weight excluding hydrogens is 489 g/mol. The molecule has 0 N–H and O–H groups in total. The van der Waals surface area contributed by atoms with Crippen LogP contribution in [0.1, 0.15) is 25.0 Å². The summed E-state index contributed by atoms with van der Waals surface area (Å²) in [5, 5.41) is 1.58. The zero-order valence-corrected chi connectivity index (χ0v) is 21.8. The Labute approximate surface area is 209 Å². The number of aryl methyl sites for hydroxylation is 2. The summed E-state index contributed by atoms with van der Waals surface area (Å²) in [6.07, 6.45) is 0. The van der Waals surface area contributed by atoms with Gasteiger partial charge in [-0.2, -0.15) is 0 Å². The molecule has 0 radical (unpaired) electrons. The Morgan fingerprint density at radius 1 is 1.09 bits per heavy atom. The van der Waals surface area contributed by atoms with E-state index < -0.39 is 0 Å². The van der Waals surface area contributed by atoms with Gasteiger partial charge >= 0.3 is 0 Å². The van der Waals surface area contributed by atoms with Gasteiger partial charge in [-0.05, 0) is 62.3 Å². The SMILES string of the molecule is CCN(CC)CCN(C(=O)COc1ccc(Cl)cc1Cl)c1nc2c(C)c(C)ccc2s1.Cl. The van der Waals surface area contributed by atoms with E-state index in [1.165, 1.54) is 16.9 Å². The number of likely N-dealkylation sites (N-methyl/N-ethyl adjacent to an activating group) is 1. The molecule has 3 rings (SSSR count). The number of carbonyl (C=O) groups is 1. The lowest BCUT2D eigenvalue weighted by Crippen LogP contribution is -2.41. The van der Waals surface area contributed by atoms with Crippen molar-refractivity contribution >= 4 is 68.2 Å². The van der Waals surface area contributed by atoms with Crippen molar-refractivity contribution in [2.75, 3.05) is 37.7 Å². The zero-order chi connectivity index (χ0) is 22.5. The summed E-state index contributed by atoms with van der Waals surface area (Å²) in [7, 11) is 0. The monoisotopic (exact) mass is 515 g/mol. The van der Waals surface area contributed by atoms with Gasteiger partial charge in [-0.25, -0.2) is 4.98 Å². The van der Waals surface area contributed by atoms with Crippen molar-refractivity contribution in [3.05, 3.63) is 51.5 Å². The summed E-state index contributed by atoms with van der Waals surface area (Å²) in [5.41, 5.74) is 3.27. The highest BCUT2D eigenvalue weighted by Gasteiger charge is 2.22. The number of halogens is 3. The van der Waals surface area contributed by atoms with E-state index in [2.05, 4.69) is 44.7 Å². The first-order chi connectivity index (χ1) is 14.8. The standard InChI is InChI=1S/C23H27Cl2N3O2S.ClH/c1-5-27(6-2)11-12-28(21(29)14-30-19-9-8-17(24)13-18(19)25)23-26-22-16(4)15(3)7-10-20(22)31-23;/h7-10,13H,5-6,11-12,14H2,1-4H3;1H. The Balaban J connectivity index is 0.00000363. The largest absolute Gasteiger partial charge is 0.482 e. The third kappa shape index (κ3) is 6.27. The summed E-state index contributed by atoms with van der Waals surface area (Å²) in [5.74, 6) is 0.269. The van der Waals surface area contributed by atoms with E-state index >= 15 is 0 Å². The van der Waals surface area contributed by atoms with E-state index in [0.29, 0.717) is 27.5 Å². The summed E-state index contributed by atoms with van der Waals surface area (Å²) >= 11 is 13.7. The van der Waals surface area contributed by atoms with Gasteiger partial charge in [0, 0.05) is 18.1 Å². The Hall–Kier alpha value is -1.57. The van der Waals surface area contributed by atoms with Gasteiger partial charge < -0.3 is 9.64 Å². The van der Waals surface area contributed by atoms with Crippen LogP contribution in [0.25, 0.3) is 10.2 Å². The van der Waals surface area contributed by atoms with Crippen molar-refractivity contribution in [2.45, 2.75) is 27.7 Å². The summed E-state index contributed by atoms with van der Waals surface area (Å²) in [4.78, 5) is 22.0. The van der Waals surface area contributed by atoms with Crippen LogP contribution in [0, 0.1) is 13.8 Å². The lowest BCUT2D eigenvalue weighted by atomic mass is 10.1. The highest BCUT2D eigenvalue weighted by molar-refractivity contribution is 7.22. The Morgan fingerprint density at radius 2 is 1.81 bits per heavy atom. The van der Waals surface area contributed by atoms with Crippen LogP contribution in [0.15, 0.2) is 30.3 Å². The molecule has 32 heavy (non-hydrogen) atoms. The molecular formula is C23H28Cl3N3O2S. The van der Waals surface area contributed by atoms with Crippen molar-refractivity contribution in [3.63, 3.8) is 0 Å². The number of thiazole rings is 1. The quantitative estimate of drug-likeness (QED) is 0.330. The zero-order valence-electron chi connectivity index (χ0n) is 18.7. The molecule has 174 valence electrons. The molecule has 5 nitrogen and oxygen atoms in total. The van der Waals surface area contributed by atoms with Crippen LogP contribution in [0.4, 0.5) is 5.13 Å². The fourth-order valence-corrected chi connectivity index (χ4v) is 4.78. The summed E-state index contributed by atoms with van der Waals surface area (Å²) in [6.45, 7) is 11.4.